The lowest BCUT2D eigenvalue weighted by Gasteiger charge is -2.16. The van der Waals surface area contributed by atoms with Gasteiger partial charge in [0.25, 0.3) is 0 Å². The maximum Gasteiger partial charge on any atom is 0.221 e. The lowest BCUT2D eigenvalue weighted by Crippen LogP contribution is -2.08. The van der Waals surface area contributed by atoms with Crippen molar-refractivity contribution in [2.45, 2.75) is 13.0 Å². The number of rotatable bonds is 10. The van der Waals surface area contributed by atoms with Gasteiger partial charge in [0.2, 0.25) is 11.7 Å². The van der Waals surface area contributed by atoms with Crippen LogP contribution in [0.4, 0.5) is 11.8 Å². The van der Waals surface area contributed by atoms with Gasteiger partial charge in [0.05, 0.1) is 27.4 Å². The van der Waals surface area contributed by atoms with Gasteiger partial charge in [-0.1, -0.05) is 30.3 Å². The van der Waals surface area contributed by atoms with E-state index in [1.165, 1.54) is 0 Å². The first-order valence-electron chi connectivity index (χ1n) is 9.47. The molecule has 158 valence electrons. The summed E-state index contributed by atoms with van der Waals surface area (Å²) in [5.74, 6) is 2.12. The number of anilines is 2. The molecule has 0 saturated heterocycles. The van der Waals surface area contributed by atoms with E-state index in [1.54, 1.807) is 20.4 Å². The van der Waals surface area contributed by atoms with Crippen molar-refractivity contribution in [2.24, 2.45) is 0 Å². The van der Waals surface area contributed by atoms with Crippen LogP contribution < -0.4 is 25.7 Å². The summed E-state index contributed by atoms with van der Waals surface area (Å²) in [6.45, 7) is 1.33. The minimum atomic E-state index is 0.142. The number of nitrogens with two attached hydrogens (primary N) is 2. The number of hydrogen-bond donors (Lipinski definition) is 2. The van der Waals surface area contributed by atoms with Crippen LogP contribution in [-0.4, -0.2) is 37.4 Å². The molecule has 0 bridgehead atoms. The fourth-order valence-corrected chi connectivity index (χ4v) is 2.96. The first-order valence-corrected chi connectivity index (χ1v) is 9.47. The van der Waals surface area contributed by atoms with Crippen molar-refractivity contribution in [3.05, 3.63) is 65.4 Å². The second-order valence-electron chi connectivity index (χ2n) is 6.53. The van der Waals surface area contributed by atoms with Gasteiger partial charge in [-0.15, -0.1) is 0 Å². The minimum absolute atomic E-state index is 0.142. The highest BCUT2D eigenvalue weighted by Gasteiger charge is 2.15. The van der Waals surface area contributed by atoms with Crippen molar-refractivity contribution in [1.82, 2.24) is 9.97 Å². The molecule has 0 atom stereocenters. The van der Waals surface area contributed by atoms with E-state index < -0.39 is 0 Å². The van der Waals surface area contributed by atoms with Crippen LogP contribution in [0.15, 0.2) is 48.7 Å². The molecule has 0 aliphatic rings. The molecule has 1 aromatic heterocycles. The highest BCUT2D eigenvalue weighted by atomic mass is 16.5. The molecule has 0 spiro atoms. The van der Waals surface area contributed by atoms with Crippen LogP contribution in [0.3, 0.4) is 0 Å². The minimum Gasteiger partial charge on any atom is -0.493 e. The molecule has 8 heteroatoms. The molecule has 2 aromatic carbocycles. The molecule has 30 heavy (non-hydrogen) atoms. The zero-order valence-corrected chi connectivity index (χ0v) is 17.1. The first kappa shape index (κ1) is 21.2. The molecule has 0 aliphatic heterocycles. The average molecular weight is 410 g/mol. The van der Waals surface area contributed by atoms with Crippen LogP contribution in [0.2, 0.25) is 0 Å². The fourth-order valence-electron chi connectivity index (χ4n) is 2.96. The van der Waals surface area contributed by atoms with Gasteiger partial charge in [-0.3, -0.25) is 0 Å². The average Bonchev–Trinajstić information content (AvgIpc) is 2.75. The van der Waals surface area contributed by atoms with E-state index in [2.05, 4.69) is 9.97 Å². The molecular weight excluding hydrogens is 384 g/mol. The van der Waals surface area contributed by atoms with Crippen LogP contribution in [0.5, 0.6) is 17.2 Å². The summed E-state index contributed by atoms with van der Waals surface area (Å²) in [5, 5.41) is 0. The molecule has 0 unspecified atom stereocenters. The number of ether oxygens (including phenoxy) is 4. The Labute approximate surface area is 175 Å². The van der Waals surface area contributed by atoms with Crippen LogP contribution in [0.1, 0.15) is 16.7 Å². The highest BCUT2D eigenvalue weighted by molar-refractivity contribution is 5.55. The Morgan fingerprint density at radius 2 is 1.67 bits per heavy atom. The Balaban J connectivity index is 1.68. The normalized spacial score (nSPS) is 10.6. The van der Waals surface area contributed by atoms with Gasteiger partial charge in [-0.2, -0.15) is 4.98 Å². The van der Waals surface area contributed by atoms with E-state index >= 15 is 0 Å². The zero-order valence-electron chi connectivity index (χ0n) is 17.1. The third kappa shape index (κ3) is 5.51. The fraction of sp³-hybridized carbons (Fsp3) is 0.273. The Hall–Kier alpha value is -3.52. The van der Waals surface area contributed by atoms with E-state index in [9.17, 15) is 0 Å². The SMILES string of the molecule is COc1cc(Cc2cnc(N)nc2N)cc(OCCOCc2ccccc2)c1OC. The molecule has 0 radical (unpaired) electrons. The number of methoxy groups -OCH3 is 2. The van der Waals surface area contributed by atoms with Crippen molar-refractivity contribution >= 4 is 11.8 Å². The molecule has 1 heterocycles. The highest BCUT2D eigenvalue weighted by Crippen LogP contribution is 2.39. The summed E-state index contributed by atoms with van der Waals surface area (Å²) in [6.07, 6.45) is 2.11. The first-order chi connectivity index (χ1) is 14.6. The Morgan fingerprint density at radius 3 is 2.37 bits per heavy atom. The molecule has 0 amide bonds. The summed E-state index contributed by atoms with van der Waals surface area (Å²) in [5.41, 5.74) is 14.3. The predicted molar refractivity (Wildman–Crippen MR) is 115 cm³/mol. The molecule has 3 aromatic rings. The van der Waals surface area contributed by atoms with Crippen molar-refractivity contribution in [3.63, 3.8) is 0 Å². The van der Waals surface area contributed by atoms with E-state index in [0.717, 1.165) is 16.7 Å². The Kier molecular flexibility index (Phi) is 7.29. The predicted octanol–water partition coefficient (Wildman–Crippen LogP) is 2.84. The summed E-state index contributed by atoms with van der Waals surface area (Å²) in [4.78, 5) is 8.02. The van der Waals surface area contributed by atoms with Crippen molar-refractivity contribution in [2.75, 3.05) is 38.9 Å². The van der Waals surface area contributed by atoms with Gasteiger partial charge < -0.3 is 30.4 Å². The van der Waals surface area contributed by atoms with Crippen molar-refractivity contribution in [3.8, 4) is 17.2 Å². The van der Waals surface area contributed by atoms with Gasteiger partial charge in [-0.25, -0.2) is 4.98 Å². The molecule has 8 nitrogen and oxygen atoms in total. The number of nitrogens with zero attached hydrogens (tertiary/aromatic N) is 2. The maximum atomic E-state index is 5.96. The van der Waals surface area contributed by atoms with E-state index in [1.807, 2.05) is 42.5 Å². The smallest absolute Gasteiger partial charge is 0.221 e. The summed E-state index contributed by atoms with van der Waals surface area (Å²) in [6, 6.07) is 13.7. The Bertz CT molecular complexity index is 967. The maximum absolute atomic E-state index is 5.96. The monoisotopic (exact) mass is 410 g/mol. The third-order valence-electron chi connectivity index (χ3n) is 4.41. The third-order valence-corrected chi connectivity index (χ3v) is 4.41. The molecular formula is C22H26N4O4. The van der Waals surface area contributed by atoms with Crippen molar-refractivity contribution in [1.29, 1.82) is 0 Å². The quantitative estimate of drug-likeness (QED) is 0.490. The van der Waals surface area contributed by atoms with Gasteiger partial charge in [-0.05, 0) is 23.3 Å². The lowest BCUT2D eigenvalue weighted by atomic mass is 10.1. The lowest BCUT2D eigenvalue weighted by molar-refractivity contribution is 0.0878. The van der Waals surface area contributed by atoms with Gasteiger partial charge in [0.15, 0.2) is 11.5 Å². The number of hydrogen-bond acceptors (Lipinski definition) is 8. The van der Waals surface area contributed by atoms with Crippen LogP contribution in [0, 0.1) is 0 Å². The zero-order chi connectivity index (χ0) is 21.3. The second kappa shape index (κ2) is 10.3. The number of benzene rings is 2. The number of nitrogen functional groups attached to an aromatic ring is 2. The number of aromatic nitrogens is 2. The molecule has 0 aliphatic carbocycles. The Morgan fingerprint density at radius 1 is 0.900 bits per heavy atom. The van der Waals surface area contributed by atoms with Crippen LogP contribution in [0.25, 0.3) is 0 Å². The summed E-state index contributed by atoms with van der Waals surface area (Å²) in [7, 11) is 3.15. The van der Waals surface area contributed by atoms with Crippen molar-refractivity contribution < 1.29 is 18.9 Å². The molecule has 3 rings (SSSR count). The van der Waals surface area contributed by atoms with E-state index in [0.29, 0.717) is 49.3 Å². The van der Waals surface area contributed by atoms with Gasteiger partial charge in [0, 0.05) is 18.2 Å². The van der Waals surface area contributed by atoms with E-state index in [-0.39, 0.29) is 5.95 Å². The second-order valence-corrected chi connectivity index (χ2v) is 6.53. The standard InChI is InChI=1S/C22H26N4O4/c1-27-18-11-16(10-17-13-25-22(24)26-21(17)23)12-19(20(18)28-2)30-9-8-29-14-15-6-4-3-5-7-15/h3-7,11-13H,8-10,14H2,1-2H3,(H4,23,24,25,26). The largest absolute Gasteiger partial charge is 0.493 e. The summed E-state index contributed by atoms with van der Waals surface area (Å²) < 4.78 is 22.6. The van der Waals surface area contributed by atoms with Gasteiger partial charge >= 0.3 is 0 Å². The molecule has 0 fully saturated rings. The topological polar surface area (TPSA) is 115 Å². The van der Waals surface area contributed by atoms with Crippen LogP contribution >= 0.6 is 0 Å². The van der Waals surface area contributed by atoms with Crippen LogP contribution in [-0.2, 0) is 17.8 Å². The van der Waals surface area contributed by atoms with E-state index in [4.69, 9.17) is 30.4 Å². The van der Waals surface area contributed by atoms with Gasteiger partial charge in [0.1, 0.15) is 12.4 Å². The summed E-state index contributed by atoms with van der Waals surface area (Å²) >= 11 is 0. The molecule has 4 N–H and O–H groups in total. The molecule has 0 saturated carbocycles.